The summed E-state index contributed by atoms with van der Waals surface area (Å²) in [7, 11) is -3.77. The van der Waals surface area contributed by atoms with Crippen LogP contribution in [0.25, 0.3) is 0 Å². The molecule has 3 N–H and O–H groups in total. The zero-order valence-electron chi connectivity index (χ0n) is 11.7. The van der Waals surface area contributed by atoms with Gasteiger partial charge in [-0.2, -0.15) is 13.5 Å². The Balaban J connectivity index is 2.17. The average molecular weight is 314 g/mol. The van der Waals surface area contributed by atoms with E-state index in [1.165, 1.54) is 0 Å². The number of nitrogens with one attached hydrogen (secondary N) is 1. The first-order valence-electron chi connectivity index (χ1n) is 6.33. The second-order valence-corrected chi connectivity index (χ2v) is 6.13. The molecule has 0 unspecified atom stereocenters. The van der Waals surface area contributed by atoms with Crippen molar-refractivity contribution >= 4 is 27.5 Å². The van der Waals surface area contributed by atoms with E-state index in [1.807, 2.05) is 12.1 Å². The summed E-state index contributed by atoms with van der Waals surface area (Å²) in [6.07, 6.45) is 0.894. The molecule has 0 amide bonds. The second-order valence-electron chi connectivity index (χ2n) is 4.57. The lowest BCUT2D eigenvalue weighted by molar-refractivity contribution is 0.122. The first-order chi connectivity index (χ1) is 9.87. The van der Waals surface area contributed by atoms with Gasteiger partial charge in [-0.25, -0.2) is 0 Å². The quantitative estimate of drug-likeness (QED) is 0.461. The summed E-state index contributed by atoms with van der Waals surface area (Å²) >= 11 is 0. The number of nitrogens with two attached hydrogens (primary N) is 1. The predicted octanol–water partition coefficient (Wildman–Crippen LogP) is 0.114. The van der Waals surface area contributed by atoms with Crippen molar-refractivity contribution in [2.75, 3.05) is 42.5 Å². The van der Waals surface area contributed by atoms with E-state index in [0.29, 0.717) is 18.9 Å². The second kappa shape index (κ2) is 6.29. The van der Waals surface area contributed by atoms with Gasteiger partial charge in [0.25, 0.3) is 10.1 Å². The molecule has 0 radical (unpaired) electrons. The first kappa shape index (κ1) is 15.5. The van der Waals surface area contributed by atoms with Crippen LogP contribution in [0, 0.1) is 5.41 Å². The molecule has 1 heterocycles. The highest BCUT2D eigenvalue weighted by Gasteiger charge is 2.18. The molecule has 1 fully saturated rings. The monoisotopic (exact) mass is 314 g/mol. The topological polar surface area (TPSA) is 109 Å². The number of nitrogens with zero attached hydrogens (tertiary/aromatic N) is 2. The third-order valence-corrected chi connectivity index (χ3v) is 3.31. The molecule has 1 aromatic rings. The predicted molar refractivity (Wildman–Crippen MR) is 79.8 cm³/mol. The Kier molecular flexibility index (Phi) is 4.66. The van der Waals surface area contributed by atoms with E-state index in [-0.39, 0.29) is 0 Å². The number of guanidine groups is 1. The Labute approximate surface area is 123 Å². The molecule has 0 spiro atoms. The third kappa shape index (κ3) is 4.31. The average Bonchev–Trinajstić information content (AvgIpc) is 2.45. The fourth-order valence-electron chi connectivity index (χ4n) is 1.98. The van der Waals surface area contributed by atoms with Crippen LogP contribution in [-0.2, 0) is 19.1 Å². The summed E-state index contributed by atoms with van der Waals surface area (Å²) < 4.78 is 32.4. The highest BCUT2D eigenvalue weighted by atomic mass is 32.2. The molecule has 0 aliphatic carbocycles. The van der Waals surface area contributed by atoms with Gasteiger partial charge in [-0.1, -0.05) is 0 Å². The zero-order valence-corrected chi connectivity index (χ0v) is 12.5. The van der Waals surface area contributed by atoms with Gasteiger partial charge in [-0.15, -0.1) is 4.28 Å². The van der Waals surface area contributed by atoms with Crippen molar-refractivity contribution in [3.8, 4) is 0 Å². The van der Waals surface area contributed by atoms with E-state index in [9.17, 15) is 8.42 Å². The van der Waals surface area contributed by atoms with Crippen molar-refractivity contribution in [3.05, 3.63) is 24.3 Å². The molecule has 8 nitrogen and oxygen atoms in total. The largest absolute Gasteiger partial charge is 0.378 e. The molecule has 1 aliphatic rings. The van der Waals surface area contributed by atoms with E-state index in [4.69, 9.17) is 20.2 Å². The molecule has 2 rings (SSSR count). The lowest BCUT2D eigenvalue weighted by Gasteiger charge is -2.29. The maximum absolute atomic E-state index is 11.2. The number of ether oxygens (including phenoxy) is 1. The van der Waals surface area contributed by atoms with E-state index in [0.717, 1.165) is 30.1 Å². The van der Waals surface area contributed by atoms with Gasteiger partial charge < -0.3 is 15.4 Å². The van der Waals surface area contributed by atoms with Gasteiger partial charge in [0.2, 0.25) is 5.96 Å². The number of morpholine rings is 1. The zero-order chi connectivity index (χ0) is 15.5. The van der Waals surface area contributed by atoms with Crippen molar-refractivity contribution in [2.45, 2.75) is 0 Å². The number of rotatable bonds is 4. The Hall–Kier alpha value is -1.84. The van der Waals surface area contributed by atoms with Crippen molar-refractivity contribution in [1.29, 1.82) is 5.41 Å². The summed E-state index contributed by atoms with van der Waals surface area (Å²) in [6.45, 7) is 2.96. The Morgan fingerprint density at radius 2 is 1.90 bits per heavy atom. The number of hydroxylamine groups is 1. The van der Waals surface area contributed by atoms with Gasteiger partial charge in [0.05, 0.1) is 25.2 Å². The van der Waals surface area contributed by atoms with Gasteiger partial charge in [-0.05, 0) is 24.3 Å². The number of benzene rings is 1. The van der Waals surface area contributed by atoms with Crippen LogP contribution in [0.4, 0.5) is 11.4 Å². The normalized spacial score (nSPS) is 15.8. The van der Waals surface area contributed by atoms with Crippen molar-refractivity contribution in [3.63, 3.8) is 0 Å². The van der Waals surface area contributed by atoms with Gasteiger partial charge in [-0.3, -0.25) is 5.41 Å². The minimum atomic E-state index is -3.77. The Bertz CT molecular complexity index is 596. The van der Waals surface area contributed by atoms with E-state index >= 15 is 0 Å². The van der Waals surface area contributed by atoms with Crippen LogP contribution in [-0.4, -0.2) is 46.9 Å². The van der Waals surface area contributed by atoms with E-state index in [2.05, 4.69) is 4.90 Å². The lowest BCUT2D eigenvalue weighted by Crippen LogP contribution is -2.38. The van der Waals surface area contributed by atoms with Crippen LogP contribution >= 0.6 is 0 Å². The van der Waals surface area contributed by atoms with Crippen molar-refractivity contribution in [1.82, 2.24) is 0 Å². The maximum Gasteiger partial charge on any atom is 0.285 e. The van der Waals surface area contributed by atoms with Crippen LogP contribution in [0.1, 0.15) is 0 Å². The molecule has 1 aromatic carbocycles. The fourth-order valence-corrected chi connectivity index (χ4v) is 2.42. The van der Waals surface area contributed by atoms with E-state index in [1.54, 1.807) is 12.1 Å². The SMILES string of the molecule is CS(=O)(=O)ON(C(=N)N)c1ccc(N2CCOCC2)cc1. The summed E-state index contributed by atoms with van der Waals surface area (Å²) in [6, 6.07) is 6.94. The van der Waals surface area contributed by atoms with Gasteiger partial charge in [0.15, 0.2) is 0 Å². The van der Waals surface area contributed by atoms with Crippen LogP contribution in [0.3, 0.4) is 0 Å². The van der Waals surface area contributed by atoms with Crippen molar-refractivity contribution in [2.24, 2.45) is 5.73 Å². The van der Waals surface area contributed by atoms with Crippen LogP contribution in [0.2, 0.25) is 0 Å². The van der Waals surface area contributed by atoms with E-state index < -0.39 is 16.1 Å². The first-order valence-corrected chi connectivity index (χ1v) is 8.15. The van der Waals surface area contributed by atoms with Gasteiger partial charge >= 0.3 is 0 Å². The standard InChI is InChI=1S/C12H18N4O4S/c1-21(17,18)20-16(12(13)14)11-4-2-10(3-5-11)15-6-8-19-9-7-15/h2-5H,6-9H2,1H3,(H3,13,14). The van der Waals surface area contributed by atoms with Gasteiger partial charge in [0, 0.05) is 18.8 Å². The summed E-state index contributed by atoms with van der Waals surface area (Å²) in [5, 5.41) is 8.17. The fraction of sp³-hybridized carbons (Fsp3) is 0.417. The van der Waals surface area contributed by atoms with Crippen LogP contribution in [0.5, 0.6) is 0 Å². The number of hydrogen-bond donors (Lipinski definition) is 2. The Morgan fingerprint density at radius 1 is 1.33 bits per heavy atom. The Morgan fingerprint density at radius 3 is 2.38 bits per heavy atom. The third-order valence-electron chi connectivity index (χ3n) is 2.89. The van der Waals surface area contributed by atoms with Crippen molar-refractivity contribution < 1.29 is 17.4 Å². The summed E-state index contributed by atoms with van der Waals surface area (Å²) in [4.78, 5) is 2.16. The molecule has 21 heavy (non-hydrogen) atoms. The summed E-state index contributed by atoms with van der Waals surface area (Å²) in [5.41, 5.74) is 6.71. The molecule has 116 valence electrons. The molecule has 0 aromatic heterocycles. The molecule has 9 heteroatoms. The molecular formula is C12H18N4O4S. The highest BCUT2D eigenvalue weighted by Crippen LogP contribution is 2.22. The smallest absolute Gasteiger partial charge is 0.285 e. The maximum atomic E-state index is 11.2. The number of hydrogen-bond acceptors (Lipinski definition) is 6. The number of anilines is 2. The van der Waals surface area contributed by atoms with Gasteiger partial charge in [0.1, 0.15) is 0 Å². The summed E-state index contributed by atoms with van der Waals surface area (Å²) in [5.74, 6) is -0.514. The molecule has 0 saturated carbocycles. The minimum absolute atomic E-state index is 0.366. The molecule has 0 bridgehead atoms. The van der Waals surface area contributed by atoms with Crippen LogP contribution < -0.4 is 15.7 Å². The highest BCUT2D eigenvalue weighted by molar-refractivity contribution is 7.86. The lowest BCUT2D eigenvalue weighted by atomic mass is 10.2. The molecule has 1 saturated heterocycles. The molecule has 0 atom stereocenters. The molecular weight excluding hydrogens is 296 g/mol. The molecule has 1 aliphatic heterocycles. The minimum Gasteiger partial charge on any atom is -0.378 e. The van der Waals surface area contributed by atoms with Crippen LogP contribution in [0.15, 0.2) is 24.3 Å².